The Balaban J connectivity index is 2.44. The maximum atomic E-state index is 11.0. The Morgan fingerprint density at radius 3 is 2.89 bits per heavy atom. The first-order chi connectivity index (χ1) is 9.11. The predicted molar refractivity (Wildman–Crippen MR) is 79.5 cm³/mol. The first-order valence-corrected chi connectivity index (χ1v) is 6.79. The first-order valence-electron chi connectivity index (χ1n) is 5.71. The van der Waals surface area contributed by atoms with Crippen molar-refractivity contribution in [2.75, 3.05) is 11.9 Å². The van der Waals surface area contributed by atoms with Gasteiger partial charge in [-0.3, -0.25) is 10.1 Å². The van der Waals surface area contributed by atoms with Gasteiger partial charge >= 0.3 is 5.69 Å². The van der Waals surface area contributed by atoms with Gasteiger partial charge < -0.3 is 5.32 Å². The fourth-order valence-electron chi connectivity index (χ4n) is 1.52. The van der Waals surface area contributed by atoms with Crippen LogP contribution in [-0.4, -0.2) is 26.2 Å². The number of nitrogens with one attached hydrogen (secondary N) is 1. The van der Waals surface area contributed by atoms with Gasteiger partial charge in [-0.1, -0.05) is 6.92 Å². The summed E-state index contributed by atoms with van der Waals surface area (Å²) in [6, 6.07) is 3.04. The first kappa shape index (κ1) is 13.7. The Morgan fingerprint density at radius 2 is 2.32 bits per heavy atom. The van der Waals surface area contributed by atoms with Crippen LogP contribution in [0.15, 0.2) is 24.5 Å². The predicted octanol–water partition coefficient (Wildman–Crippen LogP) is 2.60. The lowest BCUT2D eigenvalue weighted by atomic mass is 10.3. The third-order valence-electron chi connectivity index (χ3n) is 2.38. The molecule has 0 saturated carbocycles. The maximum absolute atomic E-state index is 11.0. The van der Waals surface area contributed by atoms with Crippen LogP contribution in [0.4, 0.5) is 11.5 Å². The van der Waals surface area contributed by atoms with E-state index < -0.39 is 4.92 Å². The van der Waals surface area contributed by atoms with Crippen molar-refractivity contribution in [1.82, 2.24) is 14.8 Å². The average Bonchev–Trinajstić information content (AvgIpc) is 2.82. The van der Waals surface area contributed by atoms with Gasteiger partial charge in [0.15, 0.2) is 0 Å². The summed E-state index contributed by atoms with van der Waals surface area (Å²) < 4.78 is 2.30. The van der Waals surface area contributed by atoms with Crippen molar-refractivity contribution < 1.29 is 4.92 Å². The molecule has 0 saturated heterocycles. The summed E-state index contributed by atoms with van der Waals surface area (Å²) in [6.07, 6.45) is 4.27. The summed E-state index contributed by atoms with van der Waals surface area (Å²) in [5, 5.41) is 18.2. The van der Waals surface area contributed by atoms with E-state index >= 15 is 0 Å². The van der Waals surface area contributed by atoms with Gasteiger partial charge in [0.1, 0.15) is 5.82 Å². The fourth-order valence-corrected chi connectivity index (χ4v) is 1.91. The van der Waals surface area contributed by atoms with Gasteiger partial charge in [-0.15, -0.1) is 0 Å². The van der Waals surface area contributed by atoms with Crippen LogP contribution in [0.2, 0.25) is 0 Å². The van der Waals surface area contributed by atoms with E-state index in [0.717, 1.165) is 16.5 Å². The second-order valence-corrected chi connectivity index (χ2v) is 5.07. The Labute approximate surface area is 123 Å². The molecule has 0 bridgehead atoms. The monoisotopic (exact) mass is 373 g/mol. The third-order valence-corrected chi connectivity index (χ3v) is 2.93. The number of pyridine rings is 1. The van der Waals surface area contributed by atoms with Gasteiger partial charge in [0, 0.05) is 18.8 Å². The van der Waals surface area contributed by atoms with Crippen molar-refractivity contribution >= 4 is 34.1 Å². The topological polar surface area (TPSA) is 85.9 Å². The summed E-state index contributed by atoms with van der Waals surface area (Å²) in [5.41, 5.74) is -0.0680. The lowest BCUT2D eigenvalue weighted by molar-refractivity contribution is -0.384. The molecule has 2 aromatic heterocycles. The Kier molecular flexibility index (Phi) is 4.30. The van der Waals surface area contributed by atoms with Crippen LogP contribution in [0.3, 0.4) is 0 Å². The lowest BCUT2D eigenvalue weighted by Gasteiger charge is -2.07. The van der Waals surface area contributed by atoms with E-state index in [1.54, 1.807) is 18.5 Å². The Morgan fingerprint density at radius 1 is 1.53 bits per heavy atom. The van der Waals surface area contributed by atoms with Crippen LogP contribution < -0.4 is 5.32 Å². The Hall–Kier alpha value is -1.71. The quantitative estimate of drug-likeness (QED) is 0.495. The van der Waals surface area contributed by atoms with Crippen LogP contribution in [0, 0.1) is 13.7 Å². The normalized spacial score (nSPS) is 10.4. The molecule has 0 radical (unpaired) electrons. The molecule has 2 aromatic rings. The molecular weight excluding hydrogens is 361 g/mol. The van der Waals surface area contributed by atoms with Gasteiger partial charge in [-0.05, 0) is 35.1 Å². The van der Waals surface area contributed by atoms with Gasteiger partial charge in [0.05, 0.1) is 14.7 Å². The van der Waals surface area contributed by atoms with E-state index in [2.05, 4.69) is 38.0 Å². The van der Waals surface area contributed by atoms with Crippen LogP contribution in [0.1, 0.15) is 13.3 Å². The van der Waals surface area contributed by atoms with Crippen molar-refractivity contribution in [3.05, 3.63) is 38.2 Å². The number of hydrogen-bond acceptors (Lipinski definition) is 5. The molecule has 1 N–H and O–H groups in total. The average molecular weight is 373 g/mol. The zero-order valence-electron chi connectivity index (χ0n) is 10.2. The minimum Gasteiger partial charge on any atom is -0.370 e. The minimum absolute atomic E-state index is 0.0680. The summed E-state index contributed by atoms with van der Waals surface area (Å²) in [7, 11) is 0. The number of anilines is 1. The van der Waals surface area contributed by atoms with Gasteiger partial charge in [0.25, 0.3) is 0 Å². The van der Waals surface area contributed by atoms with Crippen LogP contribution in [0.25, 0.3) is 5.82 Å². The van der Waals surface area contributed by atoms with E-state index in [0.29, 0.717) is 5.82 Å². The molecule has 7 nitrogen and oxygen atoms in total. The molecule has 100 valence electrons. The molecule has 0 amide bonds. The molecule has 0 spiro atoms. The summed E-state index contributed by atoms with van der Waals surface area (Å²) >= 11 is 2.09. The SMILES string of the molecule is CCCNc1ccc([N+](=O)[O-])c(-n2cc(I)cn2)n1. The highest BCUT2D eigenvalue weighted by atomic mass is 127. The van der Waals surface area contributed by atoms with Crippen molar-refractivity contribution in [3.8, 4) is 5.82 Å². The van der Waals surface area contributed by atoms with Gasteiger partial charge in [0.2, 0.25) is 5.82 Å². The Bertz CT molecular complexity index is 599. The lowest BCUT2D eigenvalue weighted by Crippen LogP contribution is -2.08. The highest BCUT2D eigenvalue weighted by Gasteiger charge is 2.18. The van der Waals surface area contributed by atoms with Gasteiger partial charge in [-0.25, -0.2) is 9.67 Å². The largest absolute Gasteiger partial charge is 0.370 e. The molecule has 0 fully saturated rings. The second-order valence-electron chi connectivity index (χ2n) is 3.83. The van der Waals surface area contributed by atoms with E-state index in [4.69, 9.17) is 0 Å². The van der Waals surface area contributed by atoms with E-state index in [9.17, 15) is 10.1 Å². The standard InChI is InChI=1S/C11H12IN5O2/c1-2-5-13-10-4-3-9(17(18)19)11(15-10)16-7-8(12)6-14-16/h3-4,6-7H,2,5H2,1H3,(H,13,15). The van der Waals surface area contributed by atoms with Crippen molar-refractivity contribution in [3.63, 3.8) is 0 Å². The van der Waals surface area contributed by atoms with E-state index in [1.165, 1.54) is 10.7 Å². The third kappa shape index (κ3) is 3.19. The summed E-state index contributed by atoms with van der Waals surface area (Å²) in [5.74, 6) is 0.821. The number of nitrogens with zero attached hydrogens (tertiary/aromatic N) is 4. The number of aromatic nitrogens is 3. The molecular formula is C11H12IN5O2. The zero-order valence-corrected chi connectivity index (χ0v) is 12.4. The second kappa shape index (κ2) is 5.95. The molecule has 0 aromatic carbocycles. The van der Waals surface area contributed by atoms with Crippen molar-refractivity contribution in [2.45, 2.75) is 13.3 Å². The zero-order chi connectivity index (χ0) is 13.8. The molecule has 2 heterocycles. The van der Waals surface area contributed by atoms with Crippen molar-refractivity contribution in [1.29, 1.82) is 0 Å². The molecule has 0 aliphatic carbocycles. The van der Waals surface area contributed by atoms with Crippen molar-refractivity contribution in [2.24, 2.45) is 0 Å². The molecule has 8 heteroatoms. The molecule has 2 rings (SSSR count). The molecule has 19 heavy (non-hydrogen) atoms. The number of nitro groups is 1. The van der Waals surface area contributed by atoms with E-state index in [-0.39, 0.29) is 11.5 Å². The van der Waals surface area contributed by atoms with E-state index in [1.807, 2.05) is 6.92 Å². The maximum Gasteiger partial charge on any atom is 0.313 e. The van der Waals surface area contributed by atoms with Crippen LogP contribution in [0.5, 0.6) is 0 Å². The smallest absolute Gasteiger partial charge is 0.313 e. The highest BCUT2D eigenvalue weighted by Crippen LogP contribution is 2.22. The fraction of sp³-hybridized carbons (Fsp3) is 0.273. The summed E-state index contributed by atoms with van der Waals surface area (Å²) in [6.45, 7) is 2.80. The molecule has 0 aliphatic heterocycles. The number of rotatable bonds is 5. The molecule has 0 atom stereocenters. The number of hydrogen-bond donors (Lipinski definition) is 1. The van der Waals surface area contributed by atoms with Gasteiger partial charge in [-0.2, -0.15) is 5.10 Å². The van der Waals surface area contributed by atoms with Crippen LogP contribution >= 0.6 is 22.6 Å². The summed E-state index contributed by atoms with van der Waals surface area (Å²) in [4.78, 5) is 14.8. The minimum atomic E-state index is -0.458. The van der Waals surface area contributed by atoms with Crippen LogP contribution in [-0.2, 0) is 0 Å². The highest BCUT2D eigenvalue weighted by molar-refractivity contribution is 14.1. The molecule has 0 aliphatic rings. The molecule has 0 unspecified atom stereocenters. The number of halogens is 1.